The van der Waals surface area contributed by atoms with Gasteiger partial charge in [-0.15, -0.1) is 11.3 Å². The van der Waals surface area contributed by atoms with E-state index in [0.29, 0.717) is 23.4 Å². The number of aromatic nitrogens is 4. The van der Waals surface area contributed by atoms with E-state index in [9.17, 15) is 4.79 Å². The molecule has 0 unspecified atom stereocenters. The van der Waals surface area contributed by atoms with Gasteiger partial charge in [0.25, 0.3) is 5.56 Å². The molecule has 0 saturated carbocycles. The summed E-state index contributed by atoms with van der Waals surface area (Å²) >= 11 is 1.82. The van der Waals surface area contributed by atoms with E-state index in [2.05, 4.69) is 45.7 Å². The Morgan fingerprint density at radius 2 is 2.04 bits per heavy atom. The monoisotopic (exact) mass is 382 g/mol. The Hall–Kier alpha value is -2.74. The third-order valence-electron chi connectivity index (χ3n) is 4.88. The van der Waals surface area contributed by atoms with E-state index in [0.717, 1.165) is 19.6 Å². The maximum absolute atomic E-state index is 12.5. The first-order valence-corrected chi connectivity index (χ1v) is 9.77. The van der Waals surface area contributed by atoms with Crippen LogP contribution in [0.25, 0.3) is 11.4 Å². The molecule has 8 heteroatoms. The van der Waals surface area contributed by atoms with Gasteiger partial charge in [0.2, 0.25) is 5.95 Å². The Kier molecular flexibility index (Phi) is 4.65. The van der Waals surface area contributed by atoms with Crippen LogP contribution in [-0.4, -0.2) is 45.2 Å². The largest absolute Gasteiger partial charge is 0.357 e. The number of hydrogen-bond acceptors (Lipinski definition) is 7. The predicted octanol–water partition coefficient (Wildman–Crippen LogP) is 2.32. The van der Waals surface area contributed by atoms with Crippen LogP contribution in [0.15, 0.2) is 41.6 Å². The van der Waals surface area contributed by atoms with Crippen molar-refractivity contribution in [1.29, 1.82) is 0 Å². The highest BCUT2D eigenvalue weighted by atomic mass is 32.1. The summed E-state index contributed by atoms with van der Waals surface area (Å²) < 4.78 is 1.61. The number of aryl methyl sites for hydroxylation is 1. The number of nitrogens with zero attached hydrogens (tertiary/aromatic N) is 6. The number of rotatable bonds is 3. The number of hydrogen-bond donors (Lipinski definition) is 0. The van der Waals surface area contributed by atoms with Crippen molar-refractivity contribution in [2.24, 2.45) is 7.05 Å². The van der Waals surface area contributed by atoms with Crippen molar-refractivity contribution in [2.75, 3.05) is 29.4 Å². The highest BCUT2D eigenvalue weighted by Crippen LogP contribution is 2.29. The molecule has 140 valence electrons. The fraction of sp³-hybridized carbons (Fsp3) is 0.368. The first kappa shape index (κ1) is 17.7. The average molecular weight is 382 g/mol. The first-order valence-electron chi connectivity index (χ1n) is 8.95. The topological polar surface area (TPSA) is 67.2 Å². The van der Waals surface area contributed by atoms with Crippen molar-refractivity contribution >= 4 is 22.3 Å². The number of piperazine rings is 1. The van der Waals surface area contributed by atoms with Gasteiger partial charge in [0, 0.05) is 49.9 Å². The third kappa shape index (κ3) is 3.44. The van der Waals surface area contributed by atoms with Gasteiger partial charge in [-0.05, 0) is 32.0 Å². The fourth-order valence-electron chi connectivity index (χ4n) is 3.43. The van der Waals surface area contributed by atoms with E-state index in [1.807, 2.05) is 11.3 Å². The summed E-state index contributed by atoms with van der Waals surface area (Å²) in [5.74, 6) is 0.685. The molecule has 7 nitrogen and oxygen atoms in total. The van der Waals surface area contributed by atoms with Crippen LogP contribution in [0, 0.1) is 6.92 Å². The van der Waals surface area contributed by atoms with Gasteiger partial charge in [-0.2, -0.15) is 0 Å². The van der Waals surface area contributed by atoms with E-state index in [4.69, 9.17) is 4.98 Å². The van der Waals surface area contributed by atoms with Crippen molar-refractivity contribution in [1.82, 2.24) is 19.5 Å². The molecule has 0 N–H and O–H groups in total. The van der Waals surface area contributed by atoms with Crippen molar-refractivity contribution in [3.8, 4) is 11.4 Å². The minimum atomic E-state index is -0.0856. The van der Waals surface area contributed by atoms with Crippen LogP contribution in [0.5, 0.6) is 0 Å². The normalized spacial score (nSPS) is 17.4. The minimum absolute atomic E-state index is 0.0856. The molecule has 1 fully saturated rings. The molecular weight excluding hydrogens is 360 g/mol. The summed E-state index contributed by atoms with van der Waals surface area (Å²) in [6.45, 7) is 6.87. The zero-order valence-corrected chi connectivity index (χ0v) is 16.5. The maximum Gasteiger partial charge on any atom is 0.255 e. The summed E-state index contributed by atoms with van der Waals surface area (Å²) in [6, 6.07) is 7.98. The van der Waals surface area contributed by atoms with Crippen molar-refractivity contribution in [2.45, 2.75) is 19.9 Å². The zero-order valence-electron chi connectivity index (χ0n) is 15.7. The second-order valence-corrected chi connectivity index (χ2v) is 8.07. The summed E-state index contributed by atoms with van der Waals surface area (Å²) in [6.07, 6.45) is 3.13. The highest BCUT2D eigenvalue weighted by molar-refractivity contribution is 7.16. The van der Waals surface area contributed by atoms with E-state index in [-0.39, 0.29) is 5.56 Å². The Bertz CT molecular complexity index is 999. The lowest BCUT2D eigenvalue weighted by Crippen LogP contribution is -2.53. The standard InChI is InChI=1S/C19H22N6OS/c1-13-11-24(8-9-25(13)18-5-4-14(2)27-18)19-22-16(10-17(26)23(19)3)15-6-7-20-12-21-15/h4-7,10,12-13H,8-9,11H2,1-3H3/t13-/m1/s1. The molecule has 0 radical (unpaired) electrons. The molecule has 4 heterocycles. The molecule has 1 aliphatic rings. The van der Waals surface area contributed by atoms with Crippen LogP contribution in [0.2, 0.25) is 0 Å². The second-order valence-electron chi connectivity index (χ2n) is 6.81. The minimum Gasteiger partial charge on any atom is -0.357 e. The molecule has 1 saturated heterocycles. The quantitative estimate of drug-likeness (QED) is 0.693. The van der Waals surface area contributed by atoms with Crippen LogP contribution in [0.3, 0.4) is 0 Å². The first-order chi connectivity index (χ1) is 13.0. The van der Waals surface area contributed by atoms with Crippen LogP contribution in [0.1, 0.15) is 11.8 Å². The number of anilines is 2. The molecule has 0 amide bonds. The molecule has 1 atom stereocenters. The molecule has 3 aromatic heterocycles. The molecule has 0 spiro atoms. The summed E-state index contributed by atoms with van der Waals surface area (Å²) in [4.78, 5) is 31.3. The Morgan fingerprint density at radius 1 is 1.19 bits per heavy atom. The predicted molar refractivity (Wildman–Crippen MR) is 109 cm³/mol. The van der Waals surface area contributed by atoms with E-state index >= 15 is 0 Å². The van der Waals surface area contributed by atoms with Gasteiger partial charge in [0.1, 0.15) is 6.33 Å². The average Bonchev–Trinajstić information content (AvgIpc) is 3.10. The smallest absolute Gasteiger partial charge is 0.255 e. The Labute approximate surface area is 162 Å². The molecular formula is C19H22N6OS. The zero-order chi connectivity index (χ0) is 19.0. The maximum atomic E-state index is 12.5. The van der Waals surface area contributed by atoms with Gasteiger partial charge in [-0.25, -0.2) is 15.0 Å². The molecule has 0 aliphatic carbocycles. The molecule has 27 heavy (non-hydrogen) atoms. The van der Waals surface area contributed by atoms with Gasteiger partial charge in [-0.3, -0.25) is 9.36 Å². The van der Waals surface area contributed by atoms with E-state index in [1.165, 1.54) is 22.3 Å². The number of thiophene rings is 1. The van der Waals surface area contributed by atoms with Crippen LogP contribution >= 0.6 is 11.3 Å². The van der Waals surface area contributed by atoms with Crippen LogP contribution in [-0.2, 0) is 7.05 Å². The lowest BCUT2D eigenvalue weighted by molar-refractivity contribution is 0.537. The Morgan fingerprint density at radius 3 is 2.70 bits per heavy atom. The lowest BCUT2D eigenvalue weighted by atomic mass is 10.2. The van der Waals surface area contributed by atoms with Gasteiger partial charge >= 0.3 is 0 Å². The molecule has 1 aliphatic heterocycles. The second kappa shape index (κ2) is 7.11. The van der Waals surface area contributed by atoms with Crippen molar-refractivity contribution < 1.29 is 0 Å². The molecule has 0 bridgehead atoms. The van der Waals surface area contributed by atoms with Crippen LogP contribution in [0.4, 0.5) is 10.9 Å². The van der Waals surface area contributed by atoms with Gasteiger partial charge in [0.05, 0.1) is 16.4 Å². The van der Waals surface area contributed by atoms with Crippen molar-refractivity contribution in [3.63, 3.8) is 0 Å². The fourth-order valence-corrected chi connectivity index (χ4v) is 4.42. The van der Waals surface area contributed by atoms with Gasteiger partial charge in [-0.1, -0.05) is 0 Å². The third-order valence-corrected chi connectivity index (χ3v) is 5.91. The molecule has 4 rings (SSSR count). The molecule has 3 aromatic rings. The molecule has 0 aromatic carbocycles. The van der Waals surface area contributed by atoms with E-state index in [1.54, 1.807) is 23.9 Å². The summed E-state index contributed by atoms with van der Waals surface area (Å²) in [7, 11) is 1.77. The summed E-state index contributed by atoms with van der Waals surface area (Å²) in [5.41, 5.74) is 1.15. The lowest BCUT2D eigenvalue weighted by Gasteiger charge is -2.41. The SMILES string of the molecule is Cc1ccc(N2CCN(c3nc(-c4ccncn4)cc(=O)n3C)C[C@H]2C)s1. The highest BCUT2D eigenvalue weighted by Gasteiger charge is 2.27. The van der Waals surface area contributed by atoms with Crippen LogP contribution < -0.4 is 15.4 Å². The van der Waals surface area contributed by atoms with E-state index < -0.39 is 0 Å². The van der Waals surface area contributed by atoms with Gasteiger partial charge in [0.15, 0.2) is 0 Å². The van der Waals surface area contributed by atoms with Crippen molar-refractivity contribution in [3.05, 3.63) is 52.0 Å². The van der Waals surface area contributed by atoms with Gasteiger partial charge < -0.3 is 9.80 Å². The summed E-state index contributed by atoms with van der Waals surface area (Å²) in [5, 5.41) is 1.30. The Balaban J connectivity index is 1.62.